The van der Waals surface area contributed by atoms with Gasteiger partial charge >= 0.3 is 0 Å². The monoisotopic (exact) mass is 496 g/mol. The molecule has 7 nitrogen and oxygen atoms in total. The predicted octanol–water partition coefficient (Wildman–Crippen LogP) is 2.78. The Kier molecular flexibility index (Phi) is 8.75. The number of piperazine rings is 1. The van der Waals surface area contributed by atoms with E-state index in [0.29, 0.717) is 6.54 Å². The van der Waals surface area contributed by atoms with Crippen molar-refractivity contribution in [1.82, 2.24) is 20.2 Å². The van der Waals surface area contributed by atoms with Crippen LogP contribution in [0.15, 0.2) is 47.7 Å². The average Bonchev–Trinajstić information content (AvgIpc) is 2.69. The number of benzene rings is 1. The van der Waals surface area contributed by atoms with Gasteiger partial charge in [-0.15, -0.1) is 24.0 Å². The van der Waals surface area contributed by atoms with E-state index in [1.54, 1.807) is 12.4 Å². The number of halogens is 1. The third-order valence-electron chi connectivity index (χ3n) is 4.35. The quantitative estimate of drug-likeness (QED) is 0.390. The second-order valence-corrected chi connectivity index (χ2v) is 6.74. The number of hydrogen-bond donors (Lipinski definition) is 1. The van der Waals surface area contributed by atoms with Gasteiger partial charge in [0.25, 0.3) is 0 Å². The molecule has 28 heavy (non-hydrogen) atoms. The van der Waals surface area contributed by atoms with Gasteiger partial charge in [0.2, 0.25) is 5.95 Å². The molecular weight excluding hydrogens is 467 g/mol. The molecule has 0 unspecified atom stereocenters. The molecule has 0 aliphatic carbocycles. The molecule has 0 amide bonds. The molecule has 2 aromatic rings. The normalized spacial score (nSPS) is 14.6. The molecule has 1 N–H and O–H groups in total. The summed E-state index contributed by atoms with van der Waals surface area (Å²) >= 11 is 0. The molecule has 0 atom stereocenters. The Bertz CT molecular complexity index is 747. The molecule has 1 aromatic carbocycles. The van der Waals surface area contributed by atoms with Gasteiger partial charge in [0.05, 0.1) is 6.10 Å². The first kappa shape index (κ1) is 22.2. The number of aliphatic imine (C=N–C) groups is 1. The maximum absolute atomic E-state index is 5.77. The summed E-state index contributed by atoms with van der Waals surface area (Å²) in [5.41, 5.74) is 1.17. The van der Waals surface area contributed by atoms with Crippen molar-refractivity contribution in [2.75, 3.05) is 38.1 Å². The number of anilines is 1. The molecular formula is C20H29IN6O. The fourth-order valence-corrected chi connectivity index (χ4v) is 3.09. The maximum atomic E-state index is 5.77. The lowest BCUT2D eigenvalue weighted by Crippen LogP contribution is -2.52. The maximum Gasteiger partial charge on any atom is 0.225 e. The van der Waals surface area contributed by atoms with Crippen LogP contribution in [0.25, 0.3) is 0 Å². The molecule has 0 radical (unpaired) electrons. The average molecular weight is 496 g/mol. The highest BCUT2D eigenvalue weighted by Crippen LogP contribution is 2.15. The predicted molar refractivity (Wildman–Crippen MR) is 124 cm³/mol. The van der Waals surface area contributed by atoms with Crippen LogP contribution in [0.3, 0.4) is 0 Å². The highest BCUT2D eigenvalue weighted by atomic mass is 127. The van der Waals surface area contributed by atoms with Gasteiger partial charge in [0.1, 0.15) is 5.75 Å². The Morgan fingerprint density at radius 2 is 1.86 bits per heavy atom. The van der Waals surface area contributed by atoms with Crippen molar-refractivity contribution in [2.45, 2.75) is 26.5 Å². The number of hydrogen-bond acceptors (Lipinski definition) is 5. The number of aromatic nitrogens is 2. The highest BCUT2D eigenvalue weighted by molar-refractivity contribution is 14.0. The molecule has 1 aliphatic heterocycles. The minimum Gasteiger partial charge on any atom is -0.491 e. The minimum absolute atomic E-state index is 0. The number of nitrogens with zero attached hydrogens (tertiary/aromatic N) is 5. The van der Waals surface area contributed by atoms with Gasteiger partial charge in [-0.3, -0.25) is 4.99 Å². The molecule has 1 aromatic heterocycles. The van der Waals surface area contributed by atoms with Crippen LogP contribution in [0.4, 0.5) is 5.95 Å². The zero-order valence-electron chi connectivity index (χ0n) is 16.7. The van der Waals surface area contributed by atoms with Gasteiger partial charge in [-0.25, -0.2) is 9.97 Å². The Labute approximate surface area is 184 Å². The van der Waals surface area contributed by atoms with Crippen molar-refractivity contribution in [3.05, 3.63) is 48.3 Å². The van der Waals surface area contributed by atoms with Crippen LogP contribution in [0.5, 0.6) is 5.75 Å². The zero-order valence-corrected chi connectivity index (χ0v) is 19.0. The molecule has 1 saturated heterocycles. The summed E-state index contributed by atoms with van der Waals surface area (Å²) in [5, 5.41) is 3.46. The van der Waals surface area contributed by atoms with Crippen LogP contribution in [-0.2, 0) is 6.54 Å². The SMILES string of the molecule is CN=C(NCc1cccc(OC(C)C)c1)N1CCN(c2ncccn2)CC1.I. The summed E-state index contributed by atoms with van der Waals surface area (Å²) in [4.78, 5) is 17.6. The molecule has 0 saturated carbocycles. The Morgan fingerprint density at radius 1 is 1.14 bits per heavy atom. The standard InChI is InChI=1S/C20H28N6O.HI/c1-16(2)27-18-7-4-6-17(14-18)15-24-19(21-3)25-10-12-26(13-11-25)20-22-8-5-9-23-20;/h4-9,14,16H,10-13,15H2,1-3H3,(H,21,24);1H. The lowest BCUT2D eigenvalue weighted by molar-refractivity contribution is 0.242. The lowest BCUT2D eigenvalue weighted by Gasteiger charge is -2.36. The first-order chi connectivity index (χ1) is 13.2. The molecule has 0 bridgehead atoms. The highest BCUT2D eigenvalue weighted by Gasteiger charge is 2.20. The summed E-state index contributed by atoms with van der Waals surface area (Å²) in [6.45, 7) is 8.30. The Balaban J connectivity index is 0.00000280. The van der Waals surface area contributed by atoms with Crippen molar-refractivity contribution in [1.29, 1.82) is 0 Å². The number of rotatable bonds is 5. The zero-order chi connectivity index (χ0) is 19.1. The van der Waals surface area contributed by atoms with E-state index in [1.165, 1.54) is 5.56 Å². The van der Waals surface area contributed by atoms with E-state index in [-0.39, 0.29) is 30.1 Å². The van der Waals surface area contributed by atoms with E-state index < -0.39 is 0 Å². The molecule has 3 rings (SSSR count). The molecule has 152 valence electrons. The van der Waals surface area contributed by atoms with Gasteiger partial charge in [-0.05, 0) is 37.6 Å². The summed E-state index contributed by atoms with van der Waals surface area (Å²) in [5.74, 6) is 2.61. The second-order valence-electron chi connectivity index (χ2n) is 6.74. The van der Waals surface area contributed by atoms with E-state index in [0.717, 1.165) is 43.8 Å². The molecule has 0 spiro atoms. The van der Waals surface area contributed by atoms with Gasteiger partial charge in [0, 0.05) is 52.2 Å². The topological polar surface area (TPSA) is 65.9 Å². The Hall–Kier alpha value is -2.10. The van der Waals surface area contributed by atoms with Crippen LogP contribution >= 0.6 is 24.0 Å². The van der Waals surface area contributed by atoms with Crippen LogP contribution in [-0.4, -0.2) is 60.2 Å². The van der Waals surface area contributed by atoms with Crippen LogP contribution in [0.1, 0.15) is 19.4 Å². The molecule has 1 fully saturated rings. The van der Waals surface area contributed by atoms with Crippen molar-refractivity contribution in [3.8, 4) is 5.75 Å². The van der Waals surface area contributed by atoms with Gasteiger partial charge in [-0.1, -0.05) is 12.1 Å². The largest absolute Gasteiger partial charge is 0.491 e. The molecule has 1 aliphatic rings. The van der Waals surface area contributed by atoms with Crippen molar-refractivity contribution >= 4 is 35.9 Å². The molecule has 8 heteroatoms. The first-order valence-corrected chi connectivity index (χ1v) is 9.39. The fourth-order valence-electron chi connectivity index (χ4n) is 3.09. The summed E-state index contributed by atoms with van der Waals surface area (Å²) in [6.07, 6.45) is 3.74. The van der Waals surface area contributed by atoms with Crippen LogP contribution in [0.2, 0.25) is 0 Å². The van der Waals surface area contributed by atoms with E-state index in [1.807, 2.05) is 39.1 Å². The number of nitrogens with one attached hydrogen (secondary N) is 1. The van der Waals surface area contributed by atoms with Crippen molar-refractivity contribution < 1.29 is 4.74 Å². The number of guanidine groups is 1. The second kappa shape index (κ2) is 11.0. The third-order valence-corrected chi connectivity index (χ3v) is 4.35. The third kappa shape index (κ3) is 6.22. The summed E-state index contributed by atoms with van der Waals surface area (Å²) < 4.78 is 5.77. The van der Waals surface area contributed by atoms with Crippen molar-refractivity contribution in [3.63, 3.8) is 0 Å². The summed E-state index contributed by atoms with van der Waals surface area (Å²) in [6, 6.07) is 10.0. The first-order valence-electron chi connectivity index (χ1n) is 9.39. The minimum atomic E-state index is 0. The van der Waals surface area contributed by atoms with E-state index >= 15 is 0 Å². The van der Waals surface area contributed by atoms with Crippen LogP contribution < -0.4 is 15.0 Å². The smallest absolute Gasteiger partial charge is 0.225 e. The number of ether oxygens (including phenoxy) is 1. The van der Waals surface area contributed by atoms with E-state index in [9.17, 15) is 0 Å². The Morgan fingerprint density at radius 3 is 2.50 bits per heavy atom. The van der Waals surface area contributed by atoms with E-state index in [4.69, 9.17) is 4.74 Å². The van der Waals surface area contributed by atoms with Gasteiger partial charge in [-0.2, -0.15) is 0 Å². The van der Waals surface area contributed by atoms with Gasteiger partial charge < -0.3 is 19.9 Å². The fraction of sp³-hybridized carbons (Fsp3) is 0.450. The van der Waals surface area contributed by atoms with Crippen LogP contribution in [0, 0.1) is 0 Å². The summed E-state index contributed by atoms with van der Waals surface area (Å²) in [7, 11) is 1.83. The molecule has 2 heterocycles. The van der Waals surface area contributed by atoms with Crippen molar-refractivity contribution in [2.24, 2.45) is 4.99 Å². The van der Waals surface area contributed by atoms with Gasteiger partial charge in [0.15, 0.2) is 5.96 Å². The lowest BCUT2D eigenvalue weighted by atomic mass is 10.2. The van der Waals surface area contributed by atoms with E-state index in [2.05, 4.69) is 42.2 Å².